The van der Waals surface area contributed by atoms with Gasteiger partial charge in [0.25, 0.3) is 0 Å². The van der Waals surface area contributed by atoms with Crippen LogP contribution in [0.25, 0.3) is 0 Å². The van der Waals surface area contributed by atoms with Gasteiger partial charge in [-0.05, 0) is 19.4 Å². The molecule has 5 nitrogen and oxygen atoms in total. The van der Waals surface area contributed by atoms with Gasteiger partial charge in [0.2, 0.25) is 0 Å². The number of ether oxygens (including phenoxy) is 2. The third-order valence-corrected chi connectivity index (χ3v) is 7.11. The summed E-state index contributed by atoms with van der Waals surface area (Å²) < 4.78 is 36.9. The Bertz CT molecular complexity index is 417. The number of sulfone groups is 1. The topological polar surface area (TPSA) is 64.6 Å². The van der Waals surface area contributed by atoms with Crippen LogP contribution in [-0.2, 0) is 19.3 Å². The van der Waals surface area contributed by atoms with E-state index in [-0.39, 0.29) is 17.7 Å². The molecule has 0 radical (unpaired) electrons. The van der Waals surface area contributed by atoms with Crippen LogP contribution in [0.3, 0.4) is 0 Å². The SMILES string of the molecule is CCC(C)CS(=O)(=O)C1CC2(CCC1NC)OCCO2. The summed E-state index contributed by atoms with van der Waals surface area (Å²) in [5.74, 6) is -0.205. The van der Waals surface area contributed by atoms with Gasteiger partial charge in [0.05, 0.1) is 24.2 Å². The van der Waals surface area contributed by atoms with Gasteiger partial charge in [-0.2, -0.15) is 0 Å². The Kier molecular flexibility index (Phi) is 5.10. The highest BCUT2D eigenvalue weighted by atomic mass is 32.2. The average Bonchev–Trinajstić information content (AvgIpc) is 2.86. The highest BCUT2D eigenvalue weighted by molar-refractivity contribution is 7.92. The molecule has 0 amide bonds. The van der Waals surface area contributed by atoms with Gasteiger partial charge in [-0.3, -0.25) is 0 Å². The average molecular weight is 305 g/mol. The van der Waals surface area contributed by atoms with E-state index in [4.69, 9.17) is 9.47 Å². The van der Waals surface area contributed by atoms with E-state index < -0.39 is 20.9 Å². The third kappa shape index (κ3) is 3.35. The summed E-state index contributed by atoms with van der Waals surface area (Å²) in [5, 5.41) is 2.76. The van der Waals surface area contributed by atoms with Crippen LogP contribution in [-0.4, -0.2) is 51.5 Å². The van der Waals surface area contributed by atoms with Crippen molar-refractivity contribution in [2.24, 2.45) is 5.92 Å². The van der Waals surface area contributed by atoms with E-state index in [1.54, 1.807) is 0 Å². The molecule has 2 fully saturated rings. The second kappa shape index (κ2) is 6.30. The van der Waals surface area contributed by atoms with Crippen LogP contribution >= 0.6 is 0 Å². The summed E-state index contributed by atoms with van der Waals surface area (Å²) in [5.41, 5.74) is 0. The zero-order valence-corrected chi connectivity index (χ0v) is 13.5. The van der Waals surface area contributed by atoms with Crippen molar-refractivity contribution < 1.29 is 17.9 Å². The van der Waals surface area contributed by atoms with Crippen molar-refractivity contribution in [1.82, 2.24) is 5.32 Å². The van der Waals surface area contributed by atoms with E-state index in [0.29, 0.717) is 19.6 Å². The van der Waals surface area contributed by atoms with E-state index in [1.165, 1.54) is 0 Å². The van der Waals surface area contributed by atoms with Crippen LogP contribution in [0.5, 0.6) is 0 Å². The fraction of sp³-hybridized carbons (Fsp3) is 1.00. The lowest BCUT2D eigenvalue weighted by Crippen LogP contribution is -2.53. The zero-order valence-electron chi connectivity index (χ0n) is 12.7. The van der Waals surface area contributed by atoms with Gasteiger partial charge in [-0.15, -0.1) is 0 Å². The molecule has 1 saturated carbocycles. The molecule has 1 heterocycles. The van der Waals surface area contributed by atoms with Crippen LogP contribution in [0.2, 0.25) is 0 Å². The first-order chi connectivity index (χ1) is 9.42. The van der Waals surface area contributed by atoms with Crippen LogP contribution in [0.4, 0.5) is 0 Å². The quantitative estimate of drug-likeness (QED) is 0.830. The van der Waals surface area contributed by atoms with E-state index >= 15 is 0 Å². The molecule has 1 aliphatic carbocycles. The predicted molar refractivity (Wildman–Crippen MR) is 78.4 cm³/mol. The molecule has 2 aliphatic rings. The predicted octanol–water partition coefficient (Wildman–Crippen LogP) is 1.33. The van der Waals surface area contributed by atoms with Gasteiger partial charge < -0.3 is 14.8 Å². The standard InChI is InChI=1S/C14H27NO4S/c1-4-11(2)10-20(16,17)13-9-14(18-7-8-19-14)6-5-12(13)15-3/h11-13,15H,4-10H2,1-3H3. The number of hydrogen-bond acceptors (Lipinski definition) is 5. The minimum absolute atomic E-state index is 0.00230. The molecular formula is C14H27NO4S. The van der Waals surface area contributed by atoms with E-state index in [9.17, 15) is 8.42 Å². The molecule has 1 spiro atoms. The van der Waals surface area contributed by atoms with E-state index in [0.717, 1.165) is 19.3 Å². The largest absolute Gasteiger partial charge is 0.347 e. The Morgan fingerprint density at radius 3 is 2.55 bits per heavy atom. The molecule has 1 saturated heterocycles. The smallest absolute Gasteiger partial charge is 0.169 e. The minimum atomic E-state index is -3.14. The lowest BCUT2D eigenvalue weighted by atomic mass is 9.89. The summed E-state index contributed by atoms with van der Waals surface area (Å²) in [4.78, 5) is 0. The number of nitrogens with one attached hydrogen (secondary N) is 1. The van der Waals surface area contributed by atoms with Crippen molar-refractivity contribution in [3.05, 3.63) is 0 Å². The summed E-state index contributed by atoms with van der Waals surface area (Å²) in [6.07, 6.45) is 2.89. The van der Waals surface area contributed by atoms with Gasteiger partial charge in [-0.25, -0.2) is 8.42 Å². The molecular weight excluding hydrogens is 278 g/mol. The van der Waals surface area contributed by atoms with Gasteiger partial charge >= 0.3 is 0 Å². The van der Waals surface area contributed by atoms with Crippen molar-refractivity contribution in [1.29, 1.82) is 0 Å². The second-order valence-electron chi connectivity index (χ2n) is 6.13. The highest BCUT2D eigenvalue weighted by Gasteiger charge is 2.49. The van der Waals surface area contributed by atoms with Crippen molar-refractivity contribution in [3.63, 3.8) is 0 Å². The van der Waals surface area contributed by atoms with Crippen molar-refractivity contribution in [2.75, 3.05) is 26.0 Å². The Morgan fingerprint density at radius 2 is 2.00 bits per heavy atom. The maximum absolute atomic E-state index is 12.7. The molecule has 6 heteroatoms. The van der Waals surface area contributed by atoms with Gasteiger partial charge in [-0.1, -0.05) is 20.3 Å². The van der Waals surface area contributed by atoms with Crippen molar-refractivity contribution in [3.8, 4) is 0 Å². The van der Waals surface area contributed by atoms with Gasteiger partial charge in [0.1, 0.15) is 0 Å². The minimum Gasteiger partial charge on any atom is -0.347 e. The molecule has 1 aliphatic heterocycles. The summed E-state index contributed by atoms with van der Waals surface area (Å²) in [6, 6.07) is 0.00230. The Hall–Kier alpha value is -0.170. The Balaban J connectivity index is 2.16. The Labute approximate surface area is 122 Å². The normalized spacial score (nSPS) is 31.6. The first-order valence-corrected chi connectivity index (χ1v) is 9.31. The molecule has 3 atom stereocenters. The van der Waals surface area contributed by atoms with Crippen LogP contribution in [0.15, 0.2) is 0 Å². The summed E-state index contributed by atoms with van der Waals surface area (Å²) in [7, 11) is -1.30. The fourth-order valence-corrected chi connectivity index (χ4v) is 5.77. The molecule has 0 bridgehead atoms. The Morgan fingerprint density at radius 1 is 1.35 bits per heavy atom. The monoisotopic (exact) mass is 305 g/mol. The molecule has 20 heavy (non-hydrogen) atoms. The van der Waals surface area contributed by atoms with Crippen LogP contribution in [0.1, 0.15) is 39.5 Å². The maximum Gasteiger partial charge on any atom is 0.169 e. The van der Waals surface area contributed by atoms with Crippen LogP contribution < -0.4 is 5.32 Å². The zero-order chi connectivity index (χ0) is 14.8. The van der Waals surface area contributed by atoms with E-state index in [1.807, 2.05) is 20.9 Å². The lowest BCUT2D eigenvalue weighted by Gasteiger charge is -2.40. The van der Waals surface area contributed by atoms with Gasteiger partial charge in [0.15, 0.2) is 15.6 Å². The maximum atomic E-state index is 12.7. The third-order valence-electron chi connectivity index (χ3n) is 4.66. The van der Waals surface area contributed by atoms with Crippen molar-refractivity contribution in [2.45, 2.75) is 56.6 Å². The molecule has 0 aromatic carbocycles. The van der Waals surface area contributed by atoms with Gasteiger partial charge in [0, 0.05) is 18.9 Å². The molecule has 118 valence electrons. The number of hydrogen-bond donors (Lipinski definition) is 1. The lowest BCUT2D eigenvalue weighted by molar-refractivity contribution is -0.178. The summed E-state index contributed by atoms with van der Waals surface area (Å²) in [6.45, 7) is 5.17. The second-order valence-corrected chi connectivity index (χ2v) is 8.39. The molecule has 3 unspecified atom stereocenters. The highest BCUT2D eigenvalue weighted by Crippen LogP contribution is 2.39. The molecule has 0 aromatic rings. The molecule has 0 aromatic heterocycles. The first-order valence-electron chi connectivity index (χ1n) is 7.59. The first kappa shape index (κ1) is 16.2. The molecule has 1 N–H and O–H groups in total. The van der Waals surface area contributed by atoms with E-state index in [2.05, 4.69) is 5.32 Å². The number of rotatable bonds is 5. The van der Waals surface area contributed by atoms with Crippen molar-refractivity contribution >= 4 is 9.84 Å². The summed E-state index contributed by atoms with van der Waals surface area (Å²) >= 11 is 0. The van der Waals surface area contributed by atoms with Crippen LogP contribution in [0, 0.1) is 5.92 Å². The fourth-order valence-electron chi connectivity index (χ4n) is 3.22. The molecule has 2 rings (SSSR count).